The molecule has 1 aromatic carbocycles. The lowest BCUT2D eigenvalue weighted by atomic mass is 10.00. The minimum atomic E-state index is -0.0594. The van der Waals surface area contributed by atoms with Crippen LogP contribution in [-0.4, -0.2) is 43.3 Å². The van der Waals surface area contributed by atoms with Crippen molar-refractivity contribution in [3.63, 3.8) is 0 Å². The molecule has 1 fully saturated rings. The van der Waals surface area contributed by atoms with Gasteiger partial charge in [-0.15, -0.1) is 0 Å². The summed E-state index contributed by atoms with van der Waals surface area (Å²) in [5, 5.41) is 3.07. The van der Waals surface area contributed by atoms with Gasteiger partial charge in [0.15, 0.2) is 11.5 Å². The molecule has 2 atom stereocenters. The molecule has 0 bridgehead atoms. The summed E-state index contributed by atoms with van der Waals surface area (Å²) in [5.41, 5.74) is 0.614. The van der Waals surface area contributed by atoms with Crippen molar-refractivity contribution in [1.82, 2.24) is 10.2 Å². The van der Waals surface area contributed by atoms with E-state index >= 15 is 0 Å². The highest BCUT2D eigenvalue weighted by Crippen LogP contribution is 2.32. The molecule has 0 spiro atoms. The number of carbonyl (C=O) groups is 1. The first kappa shape index (κ1) is 15.2. The molecule has 0 aliphatic carbocycles. The number of likely N-dealkylation sites (tertiary alicyclic amines) is 1. The van der Waals surface area contributed by atoms with E-state index in [0.29, 0.717) is 17.1 Å². The van der Waals surface area contributed by atoms with Crippen LogP contribution in [0.4, 0.5) is 0 Å². The highest BCUT2D eigenvalue weighted by atomic mass is 16.7. The lowest BCUT2D eigenvalue weighted by Gasteiger charge is -2.32. The summed E-state index contributed by atoms with van der Waals surface area (Å²) in [7, 11) is 0. The Hall–Kier alpha value is -1.75. The lowest BCUT2D eigenvalue weighted by Crippen LogP contribution is -2.45. The van der Waals surface area contributed by atoms with Crippen LogP contribution < -0.4 is 14.8 Å². The zero-order valence-electron chi connectivity index (χ0n) is 13.3. The number of hydrogen-bond acceptors (Lipinski definition) is 4. The number of fused-ring (bicyclic) bond motifs is 1. The number of benzene rings is 1. The van der Waals surface area contributed by atoms with Crippen molar-refractivity contribution in [2.24, 2.45) is 5.92 Å². The van der Waals surface area contributed by atoms with Crippen LogP contribution in [0.15, 0.2) is 18.2 Å². The summed E-state index contributed by atoms with van der Waals surface area (Å²) >= 11 is 0. The predicted molar refractivity (Wildman–Crippen MR) is 84.3 cm³/mol. The number of ether oxygens (including phenoxy) is 2. The molecule has 2 aliphatic heterocycles. The monoisotopic (exact) mass is 304 g/mol. The third-order valence-electron chi connectivity index (χ3n) is 4.29. The van der Waals surface area contributed by atoms with Gasteiger partial charge in [-0.3, -0.25) is 4.79 Å². The van der Waals surface area contributed by atoms with E-state index in [9.17, 15) is 4.79 Å². The number of rotatable bonds is 4. The van der Waals surface area contributed by atoms with Gasteiger partial charge >= 0.3 is 0 Å². The van der Waals surface area contributed by atoms with Crippen molar-refractivity contribution >= 4 is 5.91 Å². The van der Waals surface area contributed by atoms with E-state index in [1.54, 1.807) is 18.2 Å². The third kappa shape index (κ3) is 3.53. The second-order valence-corrected chi connectivity index (χ2v) is 6.45. The molecule has 0 unspecified atom stereocenters. The quantitative estimate of drug-likeness (QED) is 0.927. The molecule has 0 aromatic heterocycles. The van der Waals surface area contributed by atoms with Crippen LogP contribution in [0.3, 0.4) is 0 Å². The van der Waals surface area contributed by atoms with Crippen molar-refractivity contribution in [3.8, 4) is 11.5 Å². The van der Waals surface area contributed by atoms with E-state index in [0.717, 1.165) is 25.6 Å². The Morgan fingerprint density at radius 1 is 1.41 bits per heavy atom. The molecule has 1 saturated heterocycles. The third-order valence-corrected chi connectivity index (χ3v) is 4.29. The van der Waals surface area contributed by atoms with Gasteiger partial charge in [-0.25, -0.2) is 0 Å². The molecule has 1 aromatic rings. The smallest absolute Gasteiger partial charge is 0.251 e. The Labute approximate surface area is 131 Å². The van der Waals surface area contributed by atoms with Gasteiger partial charge in [-0.05, 0) is 50.4 Å². The SMILES string of the molecule is C[C@@H]1CCCN(C[C@@H](C)NC(=O)c2ccc3c(c2)OCO3)C1. The van der Waals surface area contributed by atoms with Crippen LogP contribution >= 0.6 is 0 Å². The van der Waals surface area contributed by atoms with Crippen molar-refractivity contribution in [3.05, 3.63) is 23.8 Å². The Morgan fingerprint density at radius 2 is 2.23 bits per heavy atom. The highest BCUT2D eigenvalue weighted by molar-refractivity contribution is 5.95. The maximum atomic E-state index is 12.3. The van der Waals surface area contributed by atoms with Gasteiger partial charge in [-0.2, -0.15) is 0 Å². The van der Waals surface area contributed by atoms with Crippen molar-refractivity contribution < 1.29 is 14.3 Å². The number of amides is 1. The second kappa shape index (κ2) is 6.57. The van der Waals surface area contributed by atoms with E-state index < -0.39 is 0 Å². The number of carbonyl (C=O) groups excluding carboxylic acids is 1. The van der Waals surface area contributed by atoms with Gasteiger partial charge in [0.05, 0.1) is 0 Å². The maximum Gasteiger partial charge on any atom is 0.251 e. The summed E-state index contributed by atoms with van der Waals surface area (Å²) in [6.07, 6.45) is 2.57. The fraction of sp³-hybridized carbons (Fsp3) is 0.588. The van der Waals surface area contributed by atoms with Crippen molar-refractivity contribution in [2.45, 2.75) is 32.7 Å². The number of piperidine rings is 1. The Balaban J connectivity index is 1.54. The van der Waals surface area contributed by atoms with Gasteiger partial charge in [0, 0.05) is 24.7 Å². The molecule has 2 aliphatic rings. The fourth-order valence-corrected chi connectivity index (χ4v) is 3.23. The number of nitrogens with one attached hydrogen (secondary N) is 1. The van der Waals surface area contributed by atoms with Crippen LogP contribution in [0.25, 0.3) is 0 Å². The summed E-state index contributed by atoms with van der Waals surface area (Å²) in [6, 6.07) is 5.43. The molecule has 1 amide bonds. The van der Waals surface area contributed by atoms with E-state index in [2.05, 4.69) is 24.1 Å². The molecule has 22 heavy (non-hydrogen) atoms. The fourth-order valence-electron chi connectivity index (χ4n) is 3.23. The van der Waals surface area contributed by atoms with Crippen molar-refractivity contribution in [1.29, 1.82) is 0 Å². The minimum absolute atomic E-state index is 0.0594. The molecule has 2 heterocycles. The van der Waals surface area contributed by atoms with Gasteiger partial charge in [0.25, 0.3) is 5.91 Å². The molecular formula is C17H24N2O3. The molecule has 5 heteroatoms. The molecule has 120 valence electrons. The first-order valence-electron chi connectivity index (χ1n) is 8.04. The largest absolute Gasteiger partial charge is 0.454 e. The van der Waals surface area contributed by atoms with Gasteiger partial charge < -0.3 is 19.7 Å². The Kier molecular flexibility index (Phi) is 4.52. The molecule has 0 saturated carbocycles. The zero-order chi connectivity index (χ0) is 15.5. The summed E-state index contributed by atoms with van der Waals surface area (Å²) < 4.78 is 10.6. The van der Waals surface area contributed by atoms with Crippen LogP contribution in [0.5, 0.6) is 11.5 Å². The Morgan fingerprint density at radius 3 is 3.05 bits per heavy atom. The average Bonchev–Trinajstić information content (AvgIpc) is 2.94. The normalized spacial score (nSPS) is 22.4. The summed E-state index contributed by atoms with van der Waals surface area (Å²) in [6.45, 7) is 7.75. The Bertz CT molecular complexity index is 547. The molecule has 3 rings (SSSR count). The second-order valence-electron chi connectivity index (χ2n) is 6.45. The average molecular weight is 304 g/mol. The van der Waals surface area contributed by atoms with Crippen LogP contribution in [-0.2, 0) is 0 Å². The van der Waals surface area contributed by atoms with E-state index in [-0.39, 0.29) is 18.7 Å². The summed E-state index contributed by atoms with van der Waals surface area (Å²) in [5.74, 6) is 2.04. The zero-order valence-corrected chi connectivity index (χ0v) is 13.3. The number of nitrogens with zero attached hydrogens (tertiary/aromatic N) is 1. The van der Waals surface area contributed by atoms with E-state index in [1.165, 1.54) is 12.8 Å². The van der Waals surface area contributed by atoms with Crippen molar-refractivity contribution in [2.75, 3.05) is 26.4 Å². The first-order chi connectivity index (χ1) is 10.6. The number of hydrogen-bond donors (Lipinski definition) is 1. The molecular weight excluding hydrogens is 280 g/mol. The minimum Gasteiger partial charge on any atom is -0.454 e. The molecule has 0 radical (unpaired) electrons. The predicted octanol–water partition coefficient (Wildman–Crippen LogP) is 2.27. The maximum absolute atomic E-state index is 12.3. The van der Waals surface area contributed by atoms with Crippen LogP contribution in [0.2, 0.25) is 0 Å². The van der Waals surface area contributed by atoms with Crippen LogP contribution in [0.1, 0.15) is 37.0 Å². The lowest BCUT2D eigenvalue weighted by molar-refractivity contribution is 0.0919. The first-order valence-corrected chi connectivity index (χ1v) is 8.04. The van der Waals surface area contributed by atoms with Crippen LogP contribution in [0, 0.1) is 5.92 Å². The van der Waals surface area contributed by atoms with E-state index in [4.69, 9.17) is 9.47 Å². The van der Waals surface area contributed by atoms with Gasteiger partial charge in [0.2, 0.25) is 6.79 Å². The molecule has 1 N–H and O–H groups in total. The summed E-state index contributed by atoms with van der Waals surface area (Å²) in [4.78, 5) is 14.8. The van der Waals surface area contributed by atoms with Gasteiger partial charge in [0.1, 0.15) is 0 Å². The van der Waals surface area contributed by atoms with Gasteiger partial charge in [-0.1, -0.05) is 6.92 Å². The molecule has 5 nitrogen and oxygen atoms in total. The van der Waals surface area contributed by atoms with E-state index in [1.807, 2.05) is 0 Å². The topological polar surface area (TPSA) is 50.8 Å². The highest BCUT2D eigenvalue weighted by Gasteiger charge is 2.20. The standard InChI is InChI=1S/C17H24N2O3/c1-12-4-3-7-19(9-12)10-13(2)18-17(20)14-5-6-15-16(8-14)22-11-21-15/h5-6,8,12-13H,3-4,7,9-11H2,1-2H3,(H,18,20)/t12-,13-/m1/s1.